The average molecular weight is 305 g/mol. The first-order chi connectivity index (χ1) is 10.7. The lowest BCUT2D eigenvalue weighted by Gasteiger charge is -2.32. The Labute approximate surface area is 128 Å². The van der Waals surface area contributed by atoms with E-state index < -0.39 is 0 Å². The van der Waals surface area contributed by atoms with Gasteiger partial charge in [0.05, 0.1) is 0 Å². The first kappa shape index (κ1) is 14.6. The van der Waals surface area contributed by atoms with Gasteiger partial charge in [0, 0.05) is 50.9 Å². The molecule has 1 N–H and O–H groups in total. The summed E-state index contributed by atoms with van der Waals surface area (Å²) >= 11 is 0. The summed E-state index contributed by atoms with van der Waals surface area (Å²) in [6, 6.07) is 5.36. The zero-order chi connectivity index (χ0) is 15.4. The summed E-state index contributed by atoms with van der Waals surface area (Å²) in [7, 11) is 0. The molecule has 2 heterocycles. The summed E-state index contributed by atoms with van der Waals surface area (Å²) in [6.07, 6.45) is 1.30. The fourth-order valence-electron chi connectivity index (χ4n) is 2.55. The molecule has 2 amide bonds. The van der Waals surface area contributed by atoms with Crippen molar-refractivity contribution in [3.8, 4) is 11.5 Å². The highest BCUT2D eigenvalue weighted by Gasteiger charge is 2.17. The van der Waals surface area contributed by atoms with Gasteiger partial charge in [0.25, 0.3) is 0 Å². The Balaban J connectivity index is 1.44. The second-order valence-corrected chi connectivity index (χ2v) is 5.35. The molecule has 1 aromatic carbocycles. The van der Waals surface area contributed by atoms with E-state index in [1.807, 2.05) is 0 Å². The van der Waals surface area contributed by atoms with E-state index in [4.69, 9.17) is 9.47 Å². The molecule has 0 radical (unpaired) electrons. The van der Waals surface area contributed by atoms with E-state index in [0.29, 0.717) is 30.2 Å². The molecule has 0 aromatic heterocycles. The Morgan fingerprint density at radius 2 is 1.95 bits per heavy atom. The largest absolute Gasteiger partial charge is 0.454 e. The number of rotatable bonds is 5. The molecule has 0 unspecified atom stereocenters. The lowest BCUT2D eigenvalue weighted by atomic mass is 10.2. The van der Waals surface area contributed by atoms with E-state index in [1.165, 1.54) is 0 Å². The number of carbonyl (C=O) groups is 2. The standard InChI is InChI=1S/C15H19N3O4/c19-10-18-7-5-17(6-8-18)4-3-15(20)16-12-1-2-13-14(9-12)22-11-21-13/h1-2,9-10H,3-8,11H2,(H,16,20). The summed E-state index contributed by atoms with van der Waals surface area (Å²) in [5.74, 6) is 1.32. The second kappa shape index (κ2) is 6.65. The van der Waals surface area contributed by atoms with Crippen LogP contribution in [0.1, 0.15) is 6.42 Å². The van der Waals surface area contributed by atoms with Crippen molar-refractivity contribution in [2.45, 2.75) is 6.42 Å². The van der Waals surface area contributed by atoms with Crippen molar-refractivity contribution in [2.75, 3.05) is 44.8 Å². The quantitative estimate of drug-likeness (QED) is 0.803. The molecule has 0 spiro atoms. The maximum Gasteiger partial charge on any atom is 0.231 e. The monoisotopic (exact) mass is 305 g/mol. The number of fused-ring (bicyclic) bond motifs is 1. The van der Waals surface area contributed by atoms with Gasteiger partial charge in [0.2, 0.25) is 19.1 Å². The number of benzene rings is 1. The number of nitrogens with one attached hydrogen (secondary N) is 1. The highest BCUT2D eigenvalue weighted by molar-refractivity contribution is 5.91. The zero-order valence-electron chi connectivity index (χ0n) is 12.3. The summed E-state index contributed by atoms with van der Waals surface area (Å²) in [5.41, 5.74) is 0.708. The number of hydrogen-bond donors (Lipinski definition) is 1. The van der Waals surface area contributed by atoms with E-state index >= 15 is 0 Å². The van der Waals surface area contributed by atoms with Gasteiger partial charge in [0.15, 0.2) is 11.5 Å². The number of hydrogen-bond acceptors (Lipinski definition) is 5. The van der Waals surface area contributed by atoms with Gasteiger partial charge in [-0.25, -0.2) is 0 Å². The van der Waals surface area contributed by atoms with Crippen molar-refractivity contribution < 1.29 is 19.1 Å². The molecule has 2 aliphatic rings. The van der Waals surface area contributed by atoms with Crippen molar-refractivity contribution in [1.29, 1.82) is 0 Å². The summed E-state index contributed by atoms with van der Waals surface area (Å²) < 4.78 is 10.5. The van der Waals surface area contributed by atoms with E-state index in [2.05, 4.69) is 10.2 Å². The lowest BCUT2D eigenvalue weighted by Crippen LogP contribution is -2.46. The van der Waals surface area contributed by atoms with Gasteiger partial charge in [0.1, 0.15) is 0 Å². The molecule has 0 aliphatic carbocycles. The Morgan fingerprint density at radius 1 is 1.18 bits per heavy atom. The fraction of sp³-hybridized carbons (Fsp3) is 0.467. The first-order valence-corrected chi connectivity index (χ1v) is 7.36. The van der Waals surface area contributed by atoms with Gasteiger partial charge in [-0.05, 0) is 12.1 Å². The topological polar surface area (TPSA) is 71.1 Å². The molecule has 7 heteroatoms. The molecule has 118 valence electrons. The van der Waals surface area contributed by atoms with Gasteiger partial charge in [-0.1, -0.05) is 0 Å². The van der Waals surface area contributed by atoms with Crippen LogP contribution in [0.2, 0.25) is 0 Å². The molecular weight excluding hydrogens is 286 g/mol. The fourth-order valence-corrected chi connectivity index (χ4v) is 2.55. The van der Waals surface area contributed by atoms with Crippen LogP contribution < -0.4 is 14.8 Å². The number of piperazine rings is 1. The minimum atomic E-state index is -0.0308. The van der Waals surface area contributed by atoms with Crippen molar-refractivity contribution in [3.63, 3.8) is 0 Å². The summed E-state index contributed by atoms with van der Waals surface area (Å²) in [6.45, 7) is 4.01. The van der Waals surface area contributed by atoms with Gasteiger partial charge in [-0.15, -0.1) is 0 Å². The van der Waals surface area contributed by atoms with Crippen LogP contribution in [-0.2, 0) is 9.59 Å². The predicted molar refractivity (Wildman–Crippen MR) is 79.9 cm³/mol. The van der Waals surface area contributed by atoms with Crippen LogP contribution in [0, 0.1) is 0 Å². The van der Waals surface area contributed by atoms with Crippen LogP contribution in [0.3, 0.4) is 0 Å². The number of ether oxygens (including phenoxy) is 2. The van der Waals surface area contributed by atoms with Gasteiger partial charge < -0.3 is 19.7 Å². The van der Waals surface area contributed by atoms with E-state index in [0.717, 1.165) is 32.6 Å². The zero-order valence-corrected chi connectivity index (χ0v) is 12.3. The van der Waals surface area contributed by atoms with Crippen molar-refractivity contribution in [1.82, 2.24) is 9.80 Å². The van der Waals surface area contributed by atoms with Gasteiger partial charge >= 0.3 is 0 Å². The van der Waals surface area contributed by atoms with E-state index in [-0.39, 0.29) is 12.7 Å². The molecule has 22 heavy (non-hydrogen) atoms. The summed E-state index contributed by atoms with van der Waals surface area (Å²) in [4.78, 5) is 26.6. The van der Waals surface area contributed by atoms with Crippen LogP contribution in [0.15, 0.2) is 18.2 Å². The molecule has 0 bridgehead atoms. The number of carbonyl (C=O) groups excluding carboxylic acids is 2. The second-order valence-electron chi connectivity index (χ2n) is 5.35. The Kier molecular flexibility index (Phi) is 4.43. The number of amides is 2. The third-order valence-corrected chi connectivity index (χ3v) is 3.87. The summed E-state index contributed by atoms with van der Waals surface area (Å²) in [5, 5.41) is 2.86. The molecule has 3 rings (SSSR count). The molecule has 7 nitrogen and oxygen atoms in total. The minimum Gasteiger partial charge on any atom is -0.454 e. The third-order valence-electron chi connectivity index (χ3n) is 3.87. The molecule has 1 saturated heterocycles. The van der Waals surface area contributed by atoms with E-state index in [1.54, 1.807) is 23.1 Å². The molecule has 1 fully saturated rings. The molecule has 0 saturated carbocycles. The smallest absolute Gasteiger partial charge is 0.231 e. The van der Waals surface area contributed by atoms with Crippen LogP contribution >= 0.6 is 0 Å². The molecule has 0 atom stereocenters. The molecular formula is C15H19N3O4. The Bertz CT molecular complexity index is 556. The number of anilines is 1. The van der Waals surface area contributed by atoms with E-state index in [9.17, 15) is 9.59 Å². The Morgan fingerprint density at radius 3 is 2.73 bits per heavy atom. The van der Waals surface area contributed by atoms with Crippen LogP contribution in [0.25, 0.3) is 0 Å². The third kappa shape index (κ3) is 3.48. The van der Waals surface area contributed by atoms with Crippen molar-refractivity contribution in [2.24, 2.45) is 0 Å². The minimum absolute atomic E-state index is 0.0308. The molecule has 1 aromatic rings. The van der Waals surface area contributed by atoms with Crippen molar-refractivity contribution >= 4 is 18.0 Å². The highest BCUT2D eigenvalue weighted by Crippen LogP contribution is 2.34. The van der Waals surface area contributed by atoms with Crippen LogP contribution in [-0.4, -0.2) is 61.6 Å². The average Bonchev–Trinajstić information content (AvgIpc) is 3.01. The van der Waals surface area contributed by atoms with Crippen LogP contribution in [0.5, 0.6) is 11.5 Å². The highest BCUT2D eigenvalue weighted by atomic mass is 16.7. The van der Waals surface area contributed by atoms with Crippen LogP contribution in [0.4, 0.5) is 5.69 Å². The maximum absolute atomic E-state index is 12.0. The predicted octanol–water partition coefficient (Wildman–Crippen LogP) is 0.518. The first-order valence-electron chi connectivity index (χ1n) is 7.36. The molecule has 2 aliphatic heterocycles. The maximum atomic E-state index is 12.0. The van der Waals surface area contributed by atoms with Gasteiger partial charge in [-0.3, -0.25) is 14.5 Å². The van der Waals surface area contributed by atoms with Crippen molar-refractivity contribution in [3.05, 3.63) is 18.2 Å². The SMILES string of the molecule is O=CN1CCN(CCC(=O)Nc2ccc3c(c2)OCO3)CC1. The lowest BCUT2D eigenvalue weighted by molar-refractivity contribution is -0.120. The van der Waals surface area contributed by atoms with Gasteiger partial charge in [-0.2, -0.15) is 0 Å². The normalized spacial score (nSPS) is 17.4. The Hall–Kier alpha value is -2.28. The number of nitrogens with zero attached hydrogens (tertiary/aromatic N) is 2.